The highest BCUT2D eigenvalue weighted by molar-refractivity contribution is 5.92. The minimum Gasteiger partial charge on any atom is -0.478 e. The van der Waals surface area contributed by atoms with Crippen molar-refractivity contribution in [3.05, 3.63) is 48.0 Å². The maximum atomic E-state index is 11.0. The molecule has 0 radical (unpaired) electrons. The van der Waals surface area contributed by atoms with E-state index in [0.29, 0.717) is 17.0 Å². The van der Waals surface area contributed by atoms with Crippen molar-refractivity contribution in [2.45, 2.75) is 12.8 Å². The first-order valence-electron chi connectivity index (χ1n) is 7.70. The second-order valence-electron chi connectivity index (χ2n) is 5.75. The van der Waals surface area contributed by atoms with Gasteiger partial charge < -0.3 is 14.4 Å². The smallest absolute Gasteiger partial charge is 0.335 e. The molecule has 4 rings (SSSR count). The van der Waals surface area contributed by atoms with E-state index in [0.717, 1.165) is 18.7 Å². The normalized spacial score (nSPS) is 14.5. The molecule has 1 fully saturated rings. The van der Waals surface area contributed by atoms with Crippen LogP contribution in [0.1, 0.15) is 23.2 Å². The van der Waals surface area contributed by atoms with Crippen LogP contribution in [0.2, 0.25) is 0 Å². The lowest BCUT2D eigenvalue weighted by atomic mass is 10.2. The van der Waals surface area contributed by atoms with E-state index in [4.69, 9.17) is 9.52 Å². The summed E-state index contributed by atoms with van der Waals surface area (Å²) in [5.74, 6) is -0.457. The Morgan fingerprint density at radius 1 is 1.09 bits per heavy atom. The van der Waals surface area contributed by atoms with Gasteiger partial charge in [-0.15, -0.1) is 0 Å². The number of rotatable bonds is 3. The number of benzene rings is 2. The first kappa shape index (κ1) is 13.8. The summed E-state index contributed by atoms with van der Waals surface area (Å²) in [6.45, 7) is 2.22. The number of carboxylic acid groups (broad SMARTS) is 1. The molecule has 2 heterocycles. The second kappa shape index (κ2) is 5.43. The number of carbonyl (C=O) groups is 1. The zero-order valence-corrected chi connectivity index (χ0v) is 12.5. The lowest BCUT2D eigenvalue weighted by Crippen LogP contribution is -2.17. The number of aromatic nitrogens is 1. The van der Waals surface area contributed by atoms with Crippen LogP contribution < -0.4 is 4.90 Å². The SMILES string of the molecule is O=C(O)c1ccc2oc(-c3ccc(N4CCCC4)cc3)nc2c1. The number of hydrogen-bond acceptors (Lipinski definition) is 4. The number of carboxylic acids is 1. The first-order valence-corrected chi connectivity index (χ1v) is 7.70. The minimum atomic E-state index is -0.966. The number of fused-ring (bicyclic) bond motifs is 1. The van der Waals surface area contributed by atoms with Crippen LogP contribution in [0.25, 0.3) is 22.6 Å². The summed E-state index contributed by atoms with van der Waals surface area (Å²) in [5.41, 5.74) is 3.47. The van der Waals surface area contributed by atoms with E-state index in [1.54, 1.807) is 6.07 Å². The van der Waals surface area contributed by atoms with Gasteiger partial charge in [-0.2, -0.15) is 0 Å². The number of nitrogens with zero attached hydrogens (tertiary/aromatic N) is 2. The molecule has 0 unspecified atom stereocenters. The fourth-order valence-electron chi connectivity index (χ4n) is 2.97. The summed E-state index contributed by atoms with van der Waals surface area (Å²) in [6, 6.07) is 12.9. The third-order valence-electron chi connectivity index (χ3n) is 4.22. The lowest BCUT2D eigenvalue weighted by Gasteiger charge is -2.17. The summed E-state index contributed by atoms with van der Waals surface area (Å²) in [4.78, 5) is 17.8. The Kier molecular flexibility index (Phi) is 3.26. The maximum absolute atomic E-state index is 11.0. The number of hydrogen-bond donors (Lipinski definition) is 1. The molecule has 1 aromatic heterocycles. The predicted molar refractivity (Wildman–Crippen MR) is 87.9 cm³/mol. The second-order valence-corrected chi connectivity index (χ2v) is 5.75. The largest absolute Gasteiger partial charge is 0.478 e. The molecule has 0 saturated carbocycles. The van der Waals surface area contributed by atoms with E-state index in [9.17, 15) is 4.79 Å². The molecule has 5 heteroatoms. The Morgan fingerprint density at radius 2 is 1.83 bits per heavy atom. The summed E-state index contributed by atoms with van der Waals surface area (Å²) in [5, 5.41) is 9.04. The van der Waals surface area contributed by atoms with Crippen molar-refractivity contribution < 1.29 is 14.3 Å². The van der Waals surface area contributed by atoms with E-state index in [2.05, 4.69) is 22.0 Å². The fraction of sp³-hybridized carbons (Fsp3) is 0.222. The van der Waals surface area contributed by atoms with Crippen molar-refractivity contribution >= 4 is 22.8 Å². The third kappa shape index (κ3) is 2.54. The van der Waals surface area contributed by atoms with Gasteiger partial charge >= 0.3 is 5.97 Å². The molecule has 2 aromatic carbocycles. The van der Waals surface area contributed by atoms with E-state index >= 15 is 0 Å². The third-order valence-corrected chi connectivity index (χ3v) is 4.22. The van der Waals surface area contributed by atoms with E-state index in [1.165, 1.54) is 30.7 Å². The Hall–Kier alpha value is -2.82. The van der Waals surface area contributed by atoms with E-state index in [-0.39, 0.29) is 5.56 Å². The highest BCUT2D eigenvalue weighted by Gasteiger charge is 2.14. The van der Waals surface area contributed by atoms with Crippen molar-refractivity contribution in [1.82, 2.24) is 4.98 Å². The van der Waals surface area contributed by atoms with Crippen LogP contribution in [0.4, 0.5) is 5.69 Å². The van der Waals surface area contributed by atoms with Crippen LogP contribution >= 0.6 is 0 Å². The van der Waals surface area contributed by atoms with Gasteiger partial charge in [0.1, 0.15) is 5.52 Å². The zero-order valence-electron chi connectivity index (χ0n) is 12.5. The molecule has 0 amide bonds. The molecule has 0 bridgehead atoms. The van der Waals surface area contributed by atoms with E-state index in [1.807, 2.05) is 12.1 Å². The summed E-state index contributed by atoms with van der Waals surface area (Å²) in [6.07, 6.45) is 2.50. The van der Waals surface area contributed by atoms with Crippen LogP contribution in [-0.4, -0.2) is 29.1 Å². The Balaban J connectivity index is 1.66. The van der Waals surface area contributed by atoms with Gasteiger partial charge in [-0.3, -0.25) is 0 Å². The maximum Gasteiger partial charge on any atom is 0.335 e. The van der Waals surface area contributed by atoms with Gasteiger partial charge in [-0.05, 0) is 55.3 Å². The average Bonchev–Trinajstić information content (AvgIpc) is 3.23. The summed E-state index contributed by atoms with van der Waals surface area (Å²) in [7, 11) is 0. The molecule has 5 nitrogen and oxygen atoms in total. The summed E-state index contributed by atoms with van der Waals surface area (Å²) < 4.78 is 5.74. The average molecular weight is 308 g/mol. The minimum absolute atomic E-state index is 0.210. The molecule has 0 aliphatic carbocycles. The van der Waals surface area contributed by atoms with Crippen molar-refractivity contribution in [3.8, 4) is 11.5 Å². The van der Waals surface area contributed by atoms with Gasteiger partial charge in [-0.25, -0.2) is 9.78 Å². The molecule has 0 atom stereocenters. The molecule has 1 aliphatic heterocycles. The van der Waals surface area contributed by atoms with Gasteiger partial charge in [0.15, 0.2) is 5.58 Å². The van der Waals surface area contributed by atoms with Crippen LogP contribution in [0.15, 0.2) is 46.9 Å². The number of anilines is 1. The van der Waals surface area contributed by atoms with Crippen molar-refractivity contribution in [3.63, 3.8) is 0 Å². The van der Waals surface area contributed by atoms with Gasteiger partial charge in [0.25, 0.3) is 0 Å². The molecule has 3 aromatic rings. The Bertz CT molecular complexity index is 862. The molecule has 0 spiro atoms. The molecular formula is C18H16N2O3. The van der Waals surface area contributed by atoms with Gasteiger partial charge in [-0.1, -0.05) is 0 Å². The van der Waals surface area contributed by atoms with E-state index < -0.39 is 5.97 Å². The number of oxazole rings is 1. The van der Waals surface area contributed by atoms with Gasteiger partial charge in [0.2, 0.25) is 5.89 Å². The highest BCUT2D eigenvalue weighted by Crippen LogP contribution is 2.28. The fourth-order valence-corrected chi connectivity index (χ4v) is 2.97. The Labute approximate surface area is 133 Å². The van der Waals surface area contributed by atoms with Crippen molar-refractivity contribution in [2.75, 3.05) is 18.0 Å². The molecule has 116 valence electrons. The highest BCUT2D eigenvalue weighted by atomic mass is 16.4. The monoisotopic (exact) mass is 308 g/mol. The standard InChI is InChI=1S/C18H16N2O3/c21-18(22)13-5-8-16-15(11-13)19-17(23-16)12-3-6-14(7-4-12)20-9-1-2-10-20/h3-8,11H,1-2,9-10H2,(H,21,22). The van der Waals surface area contributed by atoms with Gasteiger partial charge in [0, 0.05) is 24.3 Å². The van der Waals surface area contributed by atoms with Crippen molar-refractivity contribution in [2.24, 2.45) is 0 Å². The lowest BCUT2D eigenvalue weighted by molar-refractivity contribution is 0.0697. The molecular weight excluding hydrogens is 292 g/mol. The molecule has 23 heavy (non-hydrogen) atoms. The topological polar surface area (TPSA) is 66.6 Å². The number of aromatic carboxylic acids is 1. The zero-order chi connectivity index (χ0) is 15.8. The molecule has 1 aliphatic rings. The molecule has 1 N–H and O–H groups in total. The first-order chi connectivity index (χ1) is 11.2. The van der Waals surface area contributed by atoms with Crippen LogP contribution in [0.5, 0.6) is 0 Å². The summed E-state index contributed by atoms with van der Waals surface area (Å²) >= 11 is 0. The predicted octanol–water partition coefficient (Wildman–Crippen LogP) is 3.79. The van der Waals surface area contributed by atoms with Crippen molar-refractivity contribution in [1.29, 1.82) is 0 Å². The van der Waals surface area contributed by atoms with Crippen LogP contribution in [0, 0.1) is 0 Å². The van der Waals surface area contributed by atoms with Crippen LogP contribution in [0.3, 0.4) is 0 Å². The molecule has 1 saturated heterocycles. The quantitative estimate of drug-likeness (QED) is 0.797. The Morgan fingerprint density at radius 3 is 2.52 bits per heavy atom. The van der Waals surface area contributed by atoms with Gasteiger partial charge in [0.05, 0.1) is 5.56 Å². The van der Waals surface area contributed by atoms with Crippen LogP contribution in [-0.2, 0) is 0 Å².